The Balaban J connectivity index is 3.47. The first-order chi connectivity index (χ1) is 17.8. The number of carbonyl (C=O) groups is 3. The number of amides is 3. The van der Waals surface area contributed by atoms with Gasteiger partial charge in [-0.25, -0.2) is 4.79 Å². The lowest BCUT2D eigenvalue weighted by Gasteiger charge is -2.35. The van der Waals surface area contributed by atoms with E-state index >= 15 is 0 Å². The molecule has 0 aliphatic rings. The molecule has 0 spiro atoms. The number of aromatic hydroxyl groups is 1. The van der Waals surface area contributed by atoms with Gasteiger partial charge in [0.1, 0.15) is 23.4 Å². The number of nitrogens with one attached hydrogen (secondary N) is 2. The van der Waals surface area contributed by atoms with Gasteiger partial charge in [-0.3, -0.25) is 9.59 Å². The summed E-state index contributed by atoms with van der Waals surface area (Å²) in [5.74, 6) is -0.339. The number of rotatable bonds is 15. The van der Waals surface area contributed by atoms with Crippen LogP contribution in [0.25, 0.3) is 0 Å². The highest BCUT2D eigenvalue weighted by Gasteiger charge is 2.36. The SMILES string of the molecule is CCCCCNC(=O)C(c1ccc(O)c(C)c1)N(CCCCC)C(=O)C(CC(C)C)NC(=O)OC(C)(C)C. The maximum Gasteiger partial charge on any atom is 0.408 e. The van der Waals surface area contributed by atoms with E-state index < -0.39 is 23.8 Å². The summed E-state index contributed by atoms with van der Waals surface area (Å²) in [5.41, 5.74) is 0.539. The summed E-state index contributed by atoms with van der Waals surface area (Å²) in [5, 5.41) is 15.9. The van der Waals surface area contributed by atoms with Crippen LogP contribution in [0.4, 0.5) is 4.79 Å². The van der Waals surface area contributed by atoms with E-state index in [1.54, 1.807) is 50.8 Å². The Kier molecular flexibility index (Phi) is 14.2. The van der Waals surface area contributed by atoms with Gasteiger partial charge in [0.05, 0.1) is 0 Å². The second kappa shape index (κ2) is 16.2. The van der Waals surface area contributed by atoms with Crippen molar-refractivity contribution in [2.24, 2.45) is 5.92 Å². The van der Waals surface area contributed by atoms with Crippen LogP contribution in [-0.2, 0) is 14.3 Å². The van der Waals surface area contributed by atoms with E-state index in [2.05, 4.69) is 24.5 Å². The first-order valence-corrected chi connectivity index (χ1v) is 14.2. The zero-order chi connectivity index (χ0) is 28.9. The Hall–Kier alpha value is -2.77. The number of nitrogens with zero attached hydrogens (tertiary/aromatic N) is 1. The van der Waals surface area contributed by atoms with Gasteiger partial charge in [-0.15, -0.1) is 0 Å². The number of phenols is 1. The molecule has 0 saturated heterocycles. The molecule has 0 radical (unpaired) electrons. The number of hydrogen-bond acceptors (Lipinski definition) is 5. The minimum Gasteiger partial charge on any atom is -0.508 e. The molecule has 0 heterocycles. The lowest BCUT2D eigenvalue weighted by Crippen LogP contribution is -2.53. The highest BCUT2D eigenvalue weighted by Crippen LogP contribution is 2.28. The maximum absolute atomic E-state index is 14.1. The van der Waals surface area contributed by atoms with Crippen LogP contribution in [0, 0.1) is 12.8 Å². The normalized spacial score (nSPS) is 13.1. The van der Waals surface area contributed by atoms with Gasteiger partial charge in [0.15, 0.2) is 0 Å². The van der Waals surface area contributed by atoms with E-state index in [-0.39, 0.29) is 23.5 Å². The molecular formula is C30H51N3O5. The largest absolute Gasteiger partial charge is 0.508 e. The molecule has 2 atom stereocenters. The predicted molar refractivity (Wildman–Crippen MR) is 152 cm³/mol. The second-order valence-electron chi connectivity index (χ2n) is 11.5. The van der Waals surface area contributed by atoms with Crippen molar-refractivity contribution in [3.63, 3.8) is 0 Å². The first-order valence-electron chi connectivity index (χ1n) is 14.2. The van der Waals surface area contributed by atoms with Crippen LogP contribution in [-0.4, -0.2) is 52.6 Å². The number of unbranched alkanes of at least 4 members (excludes halogenated alkanes) is 4. The molecule has 0 bridgehead atoms. The molecule has 216 valence electrons. The lowest BCUT2D eigenvalue weighted by molar-refractivity contribution is -0.143. The molecule has 1 aromatic rings. The molecule has 8 heteroatoms. The Labute approximate surface area is 229 Å². The summed E-state index contributed by atoms with van der Waals surface area (Å²) < 4.78 is 5.45. The molecule has 38 heavy (non-hydrogen) atoms. The number of phenolic OH excluding ortho intramolecular Hbond substituents is 1. The van der Waals surface area contributed by atoms with Crippen LogP contribution in [0.1, 0.15) is 111 Å². The second-order valence-corrected chi connectivity index (χ2v) is 11.5. The molecule has 3 N–H and O–H groups in total. The molecular weight excluding hydrogens is 482 g/mol. The smallest absolute Gasteiger partial charge is 0.408 e. The summed E-state index contributed by atoms with van der Waals surface area (Å²) in [6.45, 7) is 16.1. The van der Waals surface area contributed by atoms with Gasteiger partial charge in [0.2, 0.25) is 11.8 Å². The van der Waals surface area contributed by atoms with Gasteiger partial charge in [0.25, 0.3) is 0 Å². The predicted octanol–water partition coefficient (Wildman–Crippen LogP) is 6.01. The van der Waals surface area contributed by atoms with E-state index in [1.165, 1.54) is 0 Å². The zero-order valence-corrected chi connectivity index (χ0v) is 24.9. The van der Waals surface area contributed by atoms with Crippen molar-refractivity contribution in [2.75, 3.05) is 13.1 Å². The number of ether oxygens (including phenoxy) is 1. The van der Waals surface area contributed by atoms with Gasteiger partial charge >= 0.3 is 6.09 Å². The molecule has 2 unspecified atom stereocenters. The molecule has 0 saturated carbocycles. The van der Waals surface area contributed by atoms with Crippen molar-refractivity contribution in [2.45, 2.75) is 118 Å². The third kappa shape index (κ3) is 11.7. The van der Waals surface area contributed by atoms with Crippen LogP contribution in [0.5, 0.6) is 5.75 Å². The van der Waals surface area contributed by atoms with E-state index in [0.717, 1.165) is 38.5 Å². The summed E-state index contributed by atoms with van der Waals surface area (Å²) in [7, 11) is 0. The zero-order valence-electron chi connectivity index (χ0n) is 24.9. The fraction of sp³-hybridized carbons (Fsp3) is 0.700. The van der Waals surface area contributed by atoms with Gasteiger partial charge in [-0.05, 0) is 76.1 Å². The topological polar surface area (TPSA) is 108 Å². The highest BCUT2D eigenvalue weighted by molar-refractivity contribution is 5.92. The van der Waals surface area contributed by atoms with Crippen molar-refractivity contribution >= 4 is 17.9 Å². The van der Waals surface area contributed by atoms with Crippen LogP contribution in [0.15, 0.2) is 18.2 Å². The van der Waals surface area contributed by atoms with Gasteiger partial charge < -0.3 is 25.4 Å². The minimum absolute atomic E-state index is 0.119. The number of aryl methyl sites for hydroxylation is 1. The van der Waals surface area contributed by atoms with Crippen LogP contribution in [0.2, 0.25) is 0 Å². The summed E-state index contributed by atoms with van der Waals surface area (Å²) in [6.07, 6.45) is 5.21. The molecule has 0 aliphatic carbocycles. The van der Waals surface area contributed by atoms with Crippen LogP contribution >= 0.6 is 0 Å². The Morgan fingerprint density at radius 3 is 2.21 bits per heavy atom. The molecule has 0 aromatic heterocycles. The fourth-order valence-corrected chi connectivity index (χ4v) is 4.25. The number of carbonyl (C=O) groups excluding carboxylic acids is 3. The molecule has 8 nitrogen and oxygen atoms in total. The van der Waals surface area contributed by atoms with E-state index in [4.69, 9.17) is 4.74 Å². The number of hydrogen-bond donors (Lipinski definition) is 3. The first kappa shape index (κ1) is 33.3. The van der Waals surface area contributed by atoms with Gasteiger partial charge in [-0.2, -0.15) is 0 Å². The van der Waals surface area contributed by atoms with Gasteiger partial charge in [0, 0.05) is 13.1 Å². The van der Waals surface area contributed by atoms with Crippen LogP contribution < -0.4 is 10.6 Å². The summed E-state index contributed by atoms with van der Waals surface area (Å²) in [6, 6.07) is 3.26. The molecule has 1 aromatic carbocycles. The van der Waals surface area contributed by atoms with E-state index in [1.807, 2.05) is 13.8 Å². The van der Waals surface area contributed by atoms with E-state index in [9.17, 15) is 19.5 Å². The standard InChI is InChI=1S/C30H51N3O5/c1-9-11-13-17-31-27(35)26(23-15-16-25(34)22(5)20-23)33(18-14-12-10-2)28(36)24(19-21(3)4)32-29(37)38-30(6,7)8/h15-16,20-21,24,26,34H,9-14,17-19H2,1-8H3,(H,31,35)(H,32,37). The third-order valence-corrected chi connectivity index (χ3v) is 6.16. The number of alkyl carbamates (subject to hydrolysis) is 1. The third-order valence-electron chi connectivity index (χ3n) is 6.16. The Morgan fingerprint density at radius 1 is 1.03 bits per heavy atom. The Morgan fingerprint density at radius 2 is 1.66 bits per heavy atom. The average molecular weight is 534 g/mol. The minimum atomic E-state index is -0.893. The van der Waals surface area contributed by atoms with E-state index in [0.29, 0.717) is 30.6 Å². The van der Waals surface area contributed by atoms with Crippen molar-refractivity contribution in [3.05, 3.63) is 29.3 Å². The van der Waals surface area contributed by atoms with Crippen molar-refractivity contribution in [1.82, 2.24) is 15.5 Å². The van der Waals surface area contributed by atoms with Crippen molar-refractivity contribution < 1.29 is 24.2 Å². The van der Waals surface area contributed by atoms with Crippen molar-refractivity contribution in [3.8, 4) is 5.75 Å². The Bertz CT molecular complexity index is 894. The molecule has 1 rings (SSSR count). The monoisotopic (exact) mass is 533 g/mol. The molecule has 0 aliphatic heterocycles. The summed E-state index contributed by atoms with van der Waals surface area (Å²) >= 11 is 0. The summed E-state index contributed by atoms with van der Waals surface area (Å²) in [4.78, 5) is 42.1. The fourth-order valence-electron chi connectivity index (χ4n) is 4.25. The average Bonchev–Trinajstić information content (AvgIpc) is 2.81. The van der Waals surface area contributed by atoms with Crippen LogP contribution in [0.3, 0.4) is 0 Å². The number of benzene rings is 1. The quantitative estimate of drug-likeness (QED) is 0.239. The molecule has 0 fully saturated rings. The van der Waals surface area contributed by atoms with Crippen molar-refractivity contribution in [1.29, 1.82) is 0 Å². The highest BCUT2D eigenvalue weighted by atomic mass is 16.6. The molecule has 3 amide bonds. The van der Waals surface area contributed by atoms with Gasteiger partial charge in [-0.1, -0.05) is 59.4 Å². The maximum atomic E-state index is 14.1. The lowest BCUT2D eigenvalue weighted by atomic mass is 9.97.